The highest BCUT2D eigenvalue weighted by Crippen LogP contribution is 2.10. The van der Waals surface area contributed by atoms with Gasteiger partial charge in [0.15, 0.2) is 11.9 Å². The maximum Gasteiger partial charge on any atom is 0.262 e. The monoisotopic (exact) mass is 1000 g/mol. The Morgan fingerprint density at radius 1 is 0.408 bits per heavy atom. The van der Waals surface area contributed by atoms with Gasteiger partial charge < -0.3 is 38.9 Å². The molecule has 0 saturated carbocycles. The topological polar surface area (TPSA) is 382 Å². The van der Waals surface area contributed by atoms with Crippen LogP contribution in [0.2, 0.25) is 0 Å². The van der Waals surface area contributed by atoms with Crippen molar-refractivity contribution < 1.29 is 33.6 Å². The van der Waals surface area contributed by atoms with E-state index in [1.807, 2.05) is 0 Å². The number of unbranched alkanes of at least 4 members (excludes halogenated alkanes) is 13. The first-order valence-corrected chi connectivity index (χ1v) is 25.5. The molecule has 0 aliphatic heterocycles. The van der Waals surface area contributed by atoms with Gasteiger partial charge in [-0.15, -0.1) is 0 Å². The van der Waals surface area contributed by atoms with Crippen molar-refractivity contribution in [1.29, 1.82) is 0 Å². The molecule has 24 nitrogen and oxygen atoms in total. The van der Waals surface area contributed by atoms with Gasteiger partial charge >= 0.3 is 0 Å². The van der Waals surface area contributed by atoms with Crippen LogP contribution in [0, 0.1) is 0 Å². The van der Waals surface area contributed by atoms with Crippen LogP contribution in [0.1, 0.15) is 188 Å². The summed E-state index contributed by atoms with van der Waals surface area (Å²) in [5.41, 5.74) is 31.9. The van der Waals surface area contributed by atoms with Gasteiger partial charge in [0.05, 0.1) is 0 Å². The summed E-state index contributed by atoms with van der Waals surface area (Å²) in [6.45, 7) is 8.54. The van der Waals surface area contributed by atoms with Crippen molar-refractivity contribution in [3.63, 3.8) is 0 Å². The zero-order chi connectivity index (χ0) is 52.9. The van der Waals surface area contributed by atoms with E-state index in [1.165, 1.54) is 0 Å². The number of guanidine groups is 2. The normalized spacial score (nSPS) is 13.0. The van der Waals surface area contributed by atoms with E-state index >= 15 is 0 Å². The Kier molecular flexibility index (Phi) is 39.5. The molecule has 0 aromatic carbocycles. The molecule has 0 aromatic rings. The summed E-state index contributed by atoms with van der Waals surface area (Å²) >= 11 is 0. The molecule has 0 spiro atoms. The summed E-state index contributed by atoms with van der Waals surface area (Å²) in [4.78, 5) is 102. The summed E-state index contributed by atoms with van der Waals surface area (Å²) in [5, 5.41) is 23.8. The van der Waals surface area contributed by atoms with E-state index < -0.39 is 77.9 Å². The standard InChI is InChI=1S/C47H87N17O7/c1-5-9-13-18-31-53-61-40(66)28-25-37(44(70)63-55-33-20-15-11-7-3)57-39(65)27-24-36(58-42(68)35(60-47(50)51)23-17-22-30-52-46(48)49)43(69)59-38(45(71)64-56-34-21-16-12-8-4)26-29-41(67)62-54-32-19-14-10-6-2/h31-38H,5-30H2,1-4H3,(H,57,65)(H,58,68)(H,59,69)(H,61,66)(H,62,67)(H,63,70)(H,64,71)(H4,48,49,52)(H4,50,51,60)/b53-31+,54-32+,55-33+,56-34+/t35-,36-,37-,38-/m0/s1. The summed E-state index contributed by atoms with van der Waals surface area (Å²) in [6, 6.07) is -5.24. The fraction of sp³-hybridized carbons (Fsp3) is 0.723. The number of nitrogens with two attached hydrogens (primary N) is 4. The SMILES string of the molecule is CCCCC/C=N/NC(=O)CC[C@H](NC(=O)CC[C@H](NC(=O)[C@H](CCCCN=C(N)N)N=C(N)N)C(=O)N[C@@H](CCC(=O)N/N=C/CCCCC)C(=O)N/N=C/CCCCC)C(=O)N/N=C/CCCCC. The van der Waals surface area contributed by atoms with Crippen LogP contribution >= 0.6 is 0 Å². The minimum absolute atomic E-state index is 0.0962. The van der Waals surface area contributed by atoms with Gasteiger partial charge in [0.2, 0.25) is 29.5 Å². The fourth-order valence-corrected chi connectivity index (χ4v) is 6.45. The zero-order valence-electron chi connectivity index (χ0n) is 42.9. The number of carbonyl (C=O) groups excluding carboxylic acids is 7. The maximum atomic E-state index is 14.2. The molecule has 0 saturated heterocycles. The lowest BCUT2D eigenvalue weighted by molar-refractivity contribution is -0.133. The van der Waals surface area contributed by atoms with Crippen molar-refractivity contribution in [2.24, 2.45) is 53.3 Å². The van der Waals surface area contributed by atoms with Crippen LogP contribution < -0.4 is 60.6 Å². The molecule has 0 bridgehead atoms. The molecule has 24 heteroatoms. The Balaban J connectivity index is 6.62. The van der Waals surface area contributed by atoms with Gasteiger partial charge in [-0.2, -0.15) is 20.4 Å². The predicted octanol–water partition coefficient (Wildman–Crippen LogP) is 2.60. The van der Waals surface area contributed by atoms with Gasteiger partial charge in [-0.3, -0.25) is 38.6 Å². The van der Waals surface area contributed by atoms with Crippen LogP contribution in [-0.4, -0.2) is 109 Å². The van der Waals surface area contributed by atoms with E-state index in [9.17, 15) is 33.6 Å². The lowest BCUT2D eigenvalue weighted by Gasteiger charge is -2.24. The fourth-order valence-electron chi connectivity index (χ4n) is 6.45. The van der Waals surface area contributed by atoms with E-state index in [0.717, 1.165) is 77.0 Å². The first-order chi connectivity index (χ1) is 34.2. The van der Waals surface area contributed by atoms with Crippen molar-refractivity contribution in [2.45, 2.75) is 212 Å². The lowest BCUT2D eigenvalue weighted by atomic mass is 10.0. The number of carbonyl (C=O) groups is 7. The van der Waals surface area contributed by atoms with Crippen molar-refractivity contribution in [3.8, 4) is 0 Å². The van der Waals surface area contributed by atoms with Gasteiger partial charge in [-0.1, -0.05) is 79.1 Å². The van der Waals surface area contributed by atoms with Crippen molar-refractivity contribution in [3.05, 3.63) is 0 Å². The molecule has 0 aliphatic rings. The average Bonchev–Trinajstić information content (AvgIpc) is 3.33. The highest BCUT2D eigenvalue weighted by atomic mass is 16.2. The van der Waals surface area contributed by atoms with E-state index in [1.54, 1.807) is 24.9 Å². The molecule has 71 heavy (non-hydrogen) atoms. The molecular weight excluding hydrogens is 915 g/mol. The van der Waals surface area contributed by atoms with E-state index in [-0.39, 0.29) is 51.0 Å². The van der Waals surface area contributed by atoms with Crippen LogP contribution in [0.15, 0.2) is 30.4 Å². The van der Waals surface area contributed by atoms with Crippen LogP contribution in [0.4, 0.5) is 0 Å². The zero-order valence-corrected chi connectivity index (χ0v) is 42.9. The second kappa shape index (κ2) is 43.5. The Hall–Kier alpha value is -6.49. The molecule has 0 unspecified atom stereocenters. The molecule has 0 radical (unpaired) electrons. The minimum Gasteiger partial charge on any atom is -0.370 e. The molecule has 402 valence electrons. The predicted molar refractivity (Wildman–Crippen MR) is 281 cm³/mol. The number of hydrogen-bond donors (Lipinski definition) is 11. The molecule has 0 aromatic heterocycles. The number of hydrazone groups is 4. The molecular formula is C47H87N17O7. The summed E-state index contributed by atoms with van der Waals surface area (Å²) in [7, 11) is 0. The number of nitrogens with zero attached hydrogens (tertiary/aromatic N) is 6. The van der Waals surface area contributed by atoms with Crippen molar-refractivity contribution in [1.82, 2.24) is 37.7 Å². The summed E-state index contributed by atoms with van der Waals surface area (Å²) in [5.74, 6) is -5.28. The van der Waals surface area contributed by atoms with Crippen LogP contribution in [0.25, 0.3) is 0 Å². The third kappa shape index (κ3) is 37.1. The summed E-state index contributed by atoms with van der Waals surface area (Å²) in [6.07, 6.45) is 20.0. The Morgan fingerprint density at radius 2 is 0.789 bits per heavy atom. The second-order valence-electron chi connectivity index (χ2n) is 17.0. The highest BCUT2D eigenvalue weighted by Gasteiger charge is 2.31. The smallest absolute Gasteiger partial charge is 0.262 e. The molecule has 0 aliphatic carbocycles. The Morgan fingerprint density at radius 3 is 1.20 bits per heavy atom. The number of amides is 7. The molecule has 0 heterocycles. The minimum atomic E-state index is -1.48. The molecule has 7 amide bonds. The van der Waals surface area contributed by atoms with Crippen LogP contribution in [0.5, 0.6) is 0 Å². The average molecular weight is 1000 g/mol. The maximum absolute atomic E-state index is 14.2. The third-order valence-electron chi connectivity index (χ3n) is 10.5. The van der Waals surface area contributed by atoms with Gasteiger partial charge in [0.25, 0.3) is 11.8 Å². The van der Waals surface area contributed by atoms with Gasteiger partial charge in [-0.05, 0) is 89.9 Å². The summed E-state index contributed by atoms with van der Waals surface area (Å²) < 4.78 is 0. The largest absolute Gasteiger partial charge is 0.370 e. The molecule has 0 rings (SSSR count). The van der Waals surface area contributed by atoms with Crippen LogP contribution in [0.3, 0.4) is 0 Å². The van der Waals surface area contributed by atoms with Crippen molar-refractivity contribution in [2.75, 3.05) is 6.54 Å². The quantitative estimate of drug-likeness (QED) is 0.0183. The lowest BCUT2D eigenvalue weighted by Crippen LogP contribution is -2.55. The van der Waals surface area contributed by atoms with Gasteiger partial charge in [0.1, 0.15) is 24.2 Å². The third-order valence-corrected chi connectivity index (χ3v) is 10.5. The number of rotatable bonds is 42. The van der Waals surface area contributed by atoms with Gasteiger partial charge in [0, 0.05) is 50.7 Å². The highest BCUT2D eigenvalue weighted by molar-refractivity contribution is 5.95. The number of nitrogens with one attached hydrogen (secondary N) is 7. The first-order valence-electron chi connectivity index (χ1n) is 25.5. The van der Waals surface area contributed by atoms with Gasteiger partial charge in [-0.25, -0.2) is 26.7 Å². The molecule has 4 atom stereocenters. The second-order valence-corrected chi connectivity index (χ2v) is 17.0. The number of aliphatic imine (C=N–C) groups is 2. The molecule has 0 fully saturated rings. The Bertz CT molecular complexity index is 1730. The Labute approximate surface area is 420 Å². The van der Waals surface area contributed by atoms with E-state index in [2.05, 4.69) is 95.7 Å². The number of hydrogen-bond acceptors (Lipinski definition) is 13. The van der Waals surface area contributed by atoms with Crippen LogP contribution in [-0.2, 0) is 33.6 Å². The first kappa shape index (κ1) is 64.5. The van der Waals surface area contributed by atoms with E-state index in [4.69, 9.17) is 22.9 Å². The van der Waals surface area contributed by atoms with E-state index in [0.29, 0.717) is 38.5 Å². The molecule has 15 N–H and O–H groups in total. The van der Waals surface area contributed by atoms with Crippen molar-refractivity contribution >= 4 is 78.1 Å².